The number of ether oxygens (including phenoxy) is 3. The van der Waals surface area contributed by atoms with Crippen LogP contribution in [-0.2, 0) is 33.8 Å². The molecule has 186 valence electrons. The molecule has 33 heavy (non-hydrogen) atoms. The molecule has 10 heteroatoms. The van der Waals surface area contributed by atoms with Crippen LogP contribution in [0.5, 0.6) is 0 Å². The third-order valence-electron chi connectivity index (χ3n) is 8.87. The highest BCUT2D eigenvalue weighted by Crippen LogP contribution is 2.70. The van der Waals surface area contributed by atoms with Gasteiger partial charge in [0.05, 0.1) is 31.4 Å². The van der Waals surface area contributed by atoms with Crippen molar-refractivity contribution in [2.75, 3.05) is 19.5 Å². The third kappa shape index (κ3) is 3.24. The van der Waals surface area contributed by atoms with Crippen molar-refractivity contribution in [1.82, 2.24) is 4.31 Å². The highest BCUT2D eigenvalue weighted by Gasteiger charge is 2.73. The Kier molecular flexibility index (Phi) is 5.60. The van der Waals surface area contributed by atoms with Gasteiger partial charge in [-0.1, -0.05) is 19.9 Å². The predicted molar refractivity (Wildman–Crippen MR) is 118 cm³/mol. The number of aliphatic hydroxyl groups is 1. The number of hydrogen-bond donors (Lipinski definition) is 1. The summed E-state index contributed by atoms with van der Waals surface area (Å²) in [6, 6.07) is -0.491. The summed E-state index contributed by atoms with van der Waals surface area (Å²) < 4.78 is 44.0. The molecule has 2 heterocycles. The minimum Gasteiger partial charge on any atom is -0.467 e. The lowest BCUT2D eigenvalue weighted by molar-refractivity contribution is -0.205. The molecule has 4 fully saturated rings. The van der Waals surface area contributed by atoms with Crippen LogP contribution in [0.3, 0.4) is 0 Å². The molecule has 0 radical (unpaired) electrons. The van der Waals surface area contributed by atoms with Crippen LogP contribution in [0.1, 0.15) is 53.4 Å². The van der Waals surface area contributed by atoms with E-state index in [4.69, 9.17) is 14.2 Å². The van der Waals surface area contributed by atoms with E-state index < -0.39 is 56.8 Å². The van der Waals surface area contributed by atoms with Crippen molar-refractivity contribution in [3.8, 4) is 0 Å². The van der Waals surface area contributed by atoms with Crippen LogP contribution in [0, 0.1) is 22.7 Å². The van der Waals surface area contributed by atoms with Crippen molar-refractivity contribution >= 4 is 21.9 Å². The second kappa shape index (κ2) is 7.50. The summed E-state index contributed by atoms with van der Waals surface area (Å²) in [5.74, 6) is -4.23. The lowest BCUT2D eigenvalue weighted by atomic mass is 9.69. The summed E-state index contributed by atoms with van der Waals surface area (Å²) >= 11 is 0. The fourth-order valence-corrected chi connectivity index (χ4v) is 9.51. The molecule has 2 saturated carbocycles. The summed E-state index contributed by atoms with van der Waals surface area (Å²) in [6.45, 7) is 10.9. The van der Waals surface area contributed by atoms with Gasteiger partial charge < -0.3 is 19.3 Å². The number of nitrogens with zero attached hydrogens (tertiary/aromatic N) is 1. The van der Waals surface area contributed by atoms with Crippen molar-refractivity contribution in [3.63, 3.8) is 0 Å². The van der Waals surface area contributed by atoms with E-state index in [-0.39, 0.29) is 24.2 Å². The quantitative estimate of drug-likeness (QED) is 0.445. The first-order valence-corrected chi connectivity index (χ1v) is 13.1. The second-order valence-corrected chi connectivity index (χ2v) is 12.8. The molecule has 2 bridgehead atoms. The number of carbonyl (C=O) groups is 2. The summed E-state index contributed by atoms with van der Waals surface area (Å²) in [4.78, 5) is 26.9. The number of amides is 1. The Balaban J connectivity index is 1.77. The zero-order chi connectivity index (χ0) is 24.6. The van der Waals surface area contributed by atoms with Gasteiger partial charge >= 0.3 is 5.97 Å². The molecule has 1 spiro atoms. The van der Waals surface area contributed by atoms with Gasteiger partial charge in [0.15, 0.2) is 5.79 Å². The largest absolute Gasteiger partial charge is 0.467 e. The highest BCUT2D eigenvalue weighted by atomic mass is 32.2. The smallest absolute Gasteiger partial charge is 0.341 e. The van der Waals surface area contributed by atoms with E-state index in [1.165, 1.54) is 6.08 Å². The van der Waals surface area contributed by atoms with E-state index >= 15 is 0 Å². The maximum Gasteiger partial charge on any atom is 0.341 e. The van der Waals surface area contributed by atoms with Crippen molar-refractivity contribution in [3.05, 3.63) is 12.7 Å². The van der Waals surface area contributed by atoms with E-state index in [0.717, 1.165) is 24.3 Å². The Morgan fingerprint density at radius 1 is 1.33 bits per heavy atom. The molecule has 2 aliphatic carbocycles. The maximum atomic E-state index is 14.0. The molecule has 1 amide bonds. The summed E-state index contributed by atoms with van der Waals surface area (Å²) in [7, 11) is -2.85. The van der Waals surface area contributed by atoms with Gasteiger partial charge in [-0.3, -0.25) is 4.79 Å². The van der Waals surface area contributed by atoms with Crippen LogP contribution in [0.25, 0.3) is 0 Å². The van der Waals surface area contributed by atoms with Gasteiger partial charge in [0.1, 0.15) is 6.10 Å². The van der Waals surface area contributed by atoms with E-state index in [2.05, 4.69) is 20.4 Å². The molecule has 0 aromatic heterocycles. The zero-order valence-corrected chi connectivity index (χ0v) is 20.8. The third-order valence-corrected chi connectivity index (χ3v) is 10.8. The minimum absolute atomic E-state index is 0.104. The van der Waals surface area contributed by atoms with Gasteiger partial charge in [-0.2, -0.15) is 0 Å². The lowest BCUT2D eigenvalue weighted by Crippen LogP contribution is -2.62. The first-order valence-electron chi connectivity index (χ1n) is 11.5. The Morgan fingerprint density at radius 3 is 2.52 bits per heavy atom. The number of rotatable bonds is 6. The molecule has 1 N–H and O–H groups in total. The molecule has 0 aromatic carbocycles. The Hall–Kier alpha value is -1.49. The van der Waals surface area contributed by atoms with Gasteiger partial charge in [0.2, 0.25) is 21.5 Å². The highest BCUT2D eigenvalue weighted by molar-refractivity contribution is 7.90. The van der Waals surface area contributed by atoms with E-state index in [0.29, 0.717) is 12.3 Å². The minimum atomic E-state index is -3.95. The average molecular weight is 486 g/mol. The Labute approximate surface area is 195 Å². The van der Waals surface area contributed by atoms with Crippen LogP contribution >= 0.6 is 0 Å². The zero-order valence-electron chi connectivity index (χ0n) is 20.0. The molecule has 6 atom stereocenters. The molecule has 0 aromatic rings. The first-order chi connectivity index (χ1) is 15.2. The molecule has 2 saturated heterocycles. The van der Waals surface area contributed by atoms with E-state index in [9.17, 15) is 23.1 Å². The van der Waals surface area contributed by atoms with Crippen LogP contribution in [0.15, 0.2) is 12.7 Å². The van der Waals surface area contributed by atoms with Gasteiger partial charge in [0.25, 0.3) is 0 Å². The topological polar surface area (TPSA) is 119 Å². The lowest BCUT2D eigenvalue weighted by Gasteiger charge is -2.40. The number of allylic oxidation sites excluding steroid dienone is 1. The van der Waals surface area contributed by atoms with Crippen molar-refractivity contribution in [2.45, 2.75) is 76.9 Å². The molecular weight excluding hydrogens is 450 g/mol. The molecule has 0 unspecified atom stereocenters. The van der Waals surface area contributed by atoms with Crippen molar-refractivity contribution in [2.24, 2.45) is 22.7 Å². The number of hydrogen-bond acceptors (Lipinski definition) is 8. The monoisotopic (exact) mass is 485 g/mol. The van der Waals surface area contributed by atoms with Crippen molar-refractivity contribution in [1.29, 1.82) is 0 Å². The number of methoxy groups -OCH3 is 1. The SMILES string of the molecule is C=CC[C@@H](C(=O)N1[C@@H]2C[C@H]3CC[C@]2(CS1(=O)=O)C3(C)C)[C@@](O)(C(=O)OC)[C@@H]1COC(C)(C)O1. The first kappa shape index (κ1) is 24.6. The molecule has 4 rings (SSSR count). The average Bonchev–Trinajstić information content (AvgIpc) is 3.35. The molecule has 4 aliphatic rings. The summed E-state index contributed by atoms with van der Waals surface area (Å²) in [5.41, 5.74) is -3.20. The fraction of sp³-hybridized carbons (Fsp3) is 0.826. The van der Waals surface area contributed by atoms with Crippen LogP contribution in [0.2, 0.25) is 0 Å². The van der Waals surface area contributed by atoms with Crippen LogP contribution in [0.4, 0.5) is 0 Å². The van der Waals surface area contributed by atoms with E-state index in [1.807, 2.05) is 0 Å². The second-order valence-electron chi connectivity index (χ2n) is 11.0. The number of esters is 1. The number of sulfonamides is 1. The van der Waals surface area contributed by atoms with Gasteiger partial charge in [-0.05, 0) is 50.9 Å². The molecular formula is C23H35NO8S. The van der Waals surface area contributed by atoms with Crippen molar-refractivity contribution < 1.29 is 37.3 Å². The summed E-state index contributed by atoms with van der Waals surface area (Å²) in [6.07, 6.45) is 2.30. The standard InChI is InChI=1S/C23H35NO8S/c1-7-8-15(23(27,19(26)30-6)17-12-31-21(4,5)32-17)18(25)24-16-11-14-9-10-22(16,20(14,2)3)13-33(24,28)29/h7,14-17,27H,1,8-13H2,2-6H3/t14-,15+,16-,17+,22-,23+/m1/s1. The number of carbonyl (C=O) groups excluding carboxylic acids is 2. The van der Waals surface area contributed by atoms with Crippen LogP contribution in [-0.4, -0.2) is 72.7 Å². The van der Waals surface area contributed by atoms with Gasteiger partial charge in [0, 0.05) is 5.41 Å². The van der Waals surface area contributed by atoms with Gasteiger partial charge in [-0.25, -0.2) is 17.5 Å². The number of fused-ring (bicyclic) bond motifs is 1. The summed E-state index contributed by atoms with van der Waals surface area (Å²) in [5, 5.41) is 11.7. The van der Waals surface area contributed by atoms with Gasteiger partial charge in [-0.15, -0.1) is 6.58 Å². The Bertz CT molecular complexity index is 975. The predicted octanol–water partition coefficient (Wildman–Crippen LogP) is 1.60. The molecule has 2 aliphatic heterocycles. The fourth-order valence-electron chi connectivity index (χ4n) is 6.93. The normalized spacial score (nSPS) is 37.9. The maximum absolute atomic E-state index is 14.0. The van der Waals surface area contributed by atoms with Crippen LogP contribution < -0.4 is 0 Å². The molecule has 9 nitrogen and oxygen atoms in total. The van der Waals surface area contributed by atoms with E-state index in [1.54, 1.807) is 13.8 Å². The Morgan fingerprint density at radius 2 is 2.00 bits per heavy atom.